The van der Waals surface area contributed by atoms with Crippen LogP contribution in [-0.2, 0) is 11.3 Å². The Bertz CT molecular complexity index is 1190. The highest BCUT2D eigenvalue weighted by Gasteiger charge is 2.18. The number of morpholine rings is 1. The van der Waals surface area contributed by atoms with Crippen LogP contribution in [0, 0.1) is 6.92 Å². The predicted molar refractivity (Wildman–Crippen MR) is 143 cm³/mol. The van der Waals surface area contributed by atoms with Crippen LogP contribution in [0.2, 0.25) is 5.02 Å². The molecule has 2 heterocycles. The van der Waals surface area contributed by atoms with Crippen molar-refractivity contribution in [2.24, 2.45) is 0 Å². The van der Waals surface area contributed by atoms with E-state index in [1.165, 1.54) is 0 Å². The van der Waals surface area contributed by atoms with Gasteiger partial charge in [0.1, 0.15) is 0 Å². The molecule has 1 aromatic heterocycles. The minimum Gasteiger partial charge on any atom is -0.379 e. The van der Waals surface area contributed by atoms with Crippen molar-refractivity contribution in [2.45, 2.75) is 26.4 Å². The van der Waals surface area contributed by atoms with Crippen LogP contribution in [0.25, 0.3) is 10.9 Å². The van der Waals surface area contributed by atoms with Gasteiger partial charge in [-0.1, -0.05) is 41.9 Å². The number of hydrogen-bond acceptors (Lipinski definition) is 4. The van der Waals surface area contributed by atoms with Crippen molar-refractivity contribution in [3.8, 4) is 0 Å². The number of ether oxygens (including phenoxy) is 1. The number of fused-ring (bicyclic) bond motifs is 1. The largest absolute Gasteiger partial charge is 0.379 e. The molecule has 0 spiro atoms. The molecule has 0 amide bonds. The molecule has 0 saturated carbocycles. The Morgan fingerprint density at radius 2 is 1.97 bits per heavy atom. The number of benzene rings is 2. The number of hydrogen-bond donors (Lipinski definition) is 2. The lowest BCUT2D eigenvalue weighted by Gasteiger charge is -2.32. The normalized spacial score (nSPS) is 15.3. The van der Waals surface area contributed by atoms with Gasteiger partial charge in [0.15, 0.2) is 5.11 Å². The van der Waals surface area contributed by atoms with Crippen LogP contribution in [-0.4, -0.2) is 59.3 Å². The van der Waals surface area contributed by atoms with Gasteiger partial charge in [-0.05, 0) is 60.8 Å². The average molecular weight is 499 g/mol. The molecule has 0 unspecified atom stereocenters. The number of rotatable bonds is 7. The summed E-state index contributed by atoms with van der Waals surface area (Å²) in [5.74, 6) is 0. The van der Waals surface area contributed by atoms with Gasteiger partial charge in [-0.25, -0.2) is 0 Å². The van der Waals surface area contributed by atoms with E-state index in [1.54, 1.807) is 6.07 Å². The summed E-state index contributed by atoms with van der Waals surface area (Å²) in [6, 6.07) is 16.0. The van der Waals surface area contributed by atoms with Crippen molar-refractivity contribution in [1.82, 2.24) is 20.1 Å². The van der Waals surface area contributed by atoms with Crippen LogP contribution in [0.1, 0.15) is 29.7 Å². The molecule has 34 heavy (non-hydrogen) atoms. The minimum absolute atomic E-state index is 0.0549. The molecule has 2 N–H and O–H groups in total. The van der Waals surface area contributed by atoms with Gasteiger partial charge >= 0.3 is 0 Å². The number of thiocarbonyl (C=S) groups is 1. The maximum atomic E-state index is 12.9. The summed E-state index contributed by atoms with van der Waals surface area (Å²) in [5, 5.41) is 5.70. The standard InChI is InChI=1S/C26H31ClN4O2S/c1-18-14-21-15-22(25(32)29-24(21)16-23(18)27)17-31(9-8-30-10-12-33-13-11-30)26(34)28-19(2)20-6-4-3-5-7-20/h3-7,14-16,19H,8-13,17H2,1-2H3,(H,28,34)(H,29,32)/t19-/m1/s1. The van der Waals surface area contributed by atoms with Crippen LogP contribution in [0.4, 0.5) is 0 Å². The lowest BCUT2D eigenvalue weighted by molar-refractivity contribution is 0.0357. The van der Waals surface area contributed by atoms with E-state index in [-0.39, 0.29) is 11.6 Å². The molecule has 1 fully saturated rings. The lowest BCUT2D eigenvalue weighted by atomic mass is 10.1. The van der Waals surface area contributed by atoms with Crippen LogP contribution >= 0.6 is 23.8 Å². The molecule has 180 valence electrons. The molecule has 1 saturated heterocycles. The Kier molecular flexibility index (Phi) is 8.21. The van der Waals surface area contributed by atoms with Gasteiger partial charge in [0.05, 0.1) is 25.8 Å². The second-order valence-electron chi connectivity index (χ2n) is 8.77. The Balaban J connectivity index is 1.55. The lowest BCUT2D eigenvalue weighted by Crippen LogP contribution is -2.46. The third-order valence-corrected chi connectivity index (χ3v) is 7.06. The molecule has 2 aromatic carbocycles. The number of aromatic amines is 1. The maximum absolute atomic E-state index is 12.9. The molecular formula is C26H31ClN4O2S. The number of aryl methyl sites for hydroxylation is 1. The zero-order chi connectivity index (χ0) is 24.1. The zero-order valence-corrected chi connectivity index (χ0v) is 21.2. The highest BCUT2D eigenvalue weighted by atomic mass is 35.5. The number of halogens is 1. The number of nitrogens with zero attached hydrogens (tertiary/aromatic N) is 2. The first-order valence-electron chi connectivity index (χ1n) is 11.6. The summed E-state index contributed by atoms with van der Waals surface area (Å²) in [4.78, 5) is 20.4. The molecule has 8 heteroatoms. The van der Waals surface area contributed by atoms with E-state index < -0.39 is 0 Å². The van der Waals surface area contributed by atoms with Crippen molar-refractivity contribution >= 4 is 39.8 Å². The number of aromatic nitrogens is 1. The van der Waals surface area contributed by atoms with E-state index in [0.29, 0.717) is 28.8 Å². The molecule has 1 aliphatic heterocycles. The second kappa shape index (κ2) is 11.3. The van der Waals surface area contributed by atoms with E-state index >= 15 is 0 Å². The highest BCUT2D eigenvalue weighted by molar-refractivity contribution is 7.80. The molecule has 1 atom stereocenters. The minimum atomic E-state index is -0.122. The van der Waals surface area contributed by atoms with Gasteiger partial charge in [-0.15, -0.1) is 0 Å². The molecular weight excluding hydrogens is 468 g/mol. The summed E-state index contributed by atoms with van der Waals surface area (Å²) in [7, 11) is 0. The number of nitrogens with one attached hydrogen (secondary N) is 2. The van der Waals surface area contributed by atoms with Gasteiger partial charge in [0, 0.05) is 42.3 Å². The van der Waals surface area contributed by atoms with Crippen molar-refractivity contribution in [3.05, 3.63) is 80.6 Å². The third kappa shape index (κ3) is 6.16. The van der Waals surface area contributed by atoms with E-state index in [0.717, 1.165) is 54.9 Å². The maximum Gasteiger partial charge on any atom is 0.253 e. The monoisotopic (exact) mass is 498 g/mol. The fourth-order valence-corrected chi connectivity index (χ4v) is 4.65. The topological polar surface area (TPSA) is 60.6 Å². The van der Waals surface area contributed by atoms with Crippen molar-refractivity contribution in [3.63, 3.8) is 0 Å². The number of H-pyrrole nitrogens is 1. The van der Waals surface area contributed by atoms with Crippen LogP contribution in [0.5, 0.6) is 0 Å². The fourth-order valence-electron chi connectivity index (χ4n) is 4.15. The van der Waals surface area contributed by atoms with Crippen molar-refractivity contribution < 1.29 is 4.74 Å². The second-order valence-corrected chi connectivity index (χ2v) is 9.56. The van der Waals surface area contributed by atoms with Gasteiger partial charge in [-0.2, -0.15) is 0 Å². The average Bonchev–Trinajstić information content (AvgIpc) is 2.84. The van der Waals surface area contributed by atoms with Gasteiger partial charge in [0.25, 0.3) is 5.56 Å². The summed E-state index contributed by atoms with van der Waals surface area (Å²) < 4.78 is 5.48. The van der Waals surface area contributed by atoms with Gasteiger partial charge in [0.2, 0.25) is 0 Å². The van der Waals surface area contributed by atoms with Crippen molar-refractivity contribution in [2.75, 3.05) is 39.4 Å². The van der Waals surface area contributed by atoms with Crippen LogP contribution in [0.3, 0.4) is 0 Å². The third-order valence-electron chi connectivity index (χ3n) is 6.28. The van der Waals surface area contributed by atoms with E-state index in [1.807, 2.05) is 37.3 Å². The SMILES string of the molecule is Cc1cc2cc(CN(CCN3CCOCC3)C(=S)N[C@H](C)c3ccccc3)c(=O)[nH]c2cc1Cl. The van der Waals surface area contributed by atoms with E-state index in [9.17, 15) is 4.79 Å². The fraction of sp³-hybridized carbons (Fsp3) is 0.385. The highest BCUT2D eigenvalue weighted by Crippen LogP contribution is 2.22. The molecule has 4 rings (SSSR count). The Labute approximate surface area is 210 Å². The molecule has 0 bridgehead atoms. The van der Waals surface area contributed by atoms with Gasteiger partial charge in [-0.3, -0.25) is 9.69 Å². The molecule has 6 nitrogen and oxygen atoms in total. The van der Waals surface area contributed by atoms with Gasteiger partial charge < -0.3 is 19.9 Å². The zero-order valence-electron chi connectivity index (χ0n) is 19.6. The first-order chi connectivity index (χ1) is 16.4. The summed E-state index contributed by atoms with van der Waals surface area (Å²) in [6.07, 6.45) is 0. The van der Waals surface area contributed by atoms with E-state index in [4.69, 9.17) is 28.6 Å². The van der Waals surface area contributed by atoms with Crippen LogP contribution < -0.4 is 10.9 Å². The molecule has 0 aliphatic carbocycles. The first kappa shape index (κ1) is 24.7. The molecule has 1 aliphatic rings. The molecule has 0 radical (unpaired) electrons. The Morgan fingerprint density at radius 1 is 1.24 bits per heavy atom. The quantitative estimate of drug-likeness (QED) is 0.475. The predicted octanol–water partition coefficient (Wildman–Crippen LogP) is 4.26. The van der Waals surface area contributed by atoms with Crippen molar-refractivity contribution in [1.29, 1.82) is 0 Å². The molecule has 3 aromatic rings. The van der Waals surface area contributed by atoms with E-state index in [2.05, 4.69) is 39.2 Å². The first-order valence-corrected chi connectivity index (χ1v) is 12.4. The summed E-state index contributed by atoms with van der Waals surface area (Å²) >= 11 is 12.1. The Morgan fingerprint density at radius 3 is 2.71 bits per heavy atom. The van der Waals surface area contributed by atoms with Crippen LogP contribution in [0.15, 0.2) is 53.3 Å². The number of pyridine rings is 1. The Hall–Kier alpha value is -2.45. The summed E-state index contributed by atoms with van der Waals surface area (Å²) in [6.45, 7) is 9.36. The smallest absolute Gasteiger partial charge is 0.253 e. The summed E-state index contributed by atoms with van der Waals surface area (Å²) in [5.41, 5.74) is 3.43.